The smallest absolute Gasteiger partial charge is 0.407 e. The molecule has 0 radical (unpaired) electrons. The van der Waals surface area contributed by atoms with Crippen molar-refractivity contribution in [2.45, 2.75) is 44.7 Å². The Balaban J connectivity index is 1.68. The normalized spacial score (nSPS) is 15.0. The van der Waals surface area contributed by atoms with Crippen molar-refractivity contribution in [2.75, 3.05) is 13.2 Å². The first-order valence-corrected chi connectivity index (χ1v) is 11.1. The molecule has 2 amide bonds. The third-order valence-electron chi connectivity index (χ3n) is 6.08. The number of carbonyl (C=O) groups is 3. The van der Waals surface area contributed by atoms with Crippen LogP contribution in [0, 0.1) is 5.92 Å². The lowest BCUT2D eigenvalue weighted by atomic mass is 9.98. The van der Waals surface area contributed by atoms with Crippen molar-refractivity contribution in [1.29, 1.82) is 0 Å². The van der Waals surface area contributed by atoms with E-state index in [9.17, 15) is 19.5 Å². The van der Waals surface area contributed by atoms with Crippen LogP contribution in [0.2, 0.25) is 0 Å². The molecule has 0 aliphatic heterocycles. The summed E-state index contributed by atoms with van der Waals surface area (Å²) < 4.78 is 5.52. The summed E-state index contributed by atoms with van der Waals surface area (Å²) in [5, 5.41) is 23.1. The van der Waals surface area contributed by atoms with Crippen molar-refractivity contribution in [3.63, 3.8) is 0 Å². The highest BCUT2D eigenvalue weighted by atomic mass is 16.5. The third-order valence-corrected chi connectivity index (χ3v) is 6.08. The van der Waals surface area contributed by atoms with Crippen LogP contribution < -0.4 is 10.6 Å². The maximum absolute atomic E-state index is 12.6. The zero-order valence-corrected chi connectivity index (χ0v) is 18.8. The summed E-state index contributed by atoms with van der Waals surface area (Å²) in [6.45, 7) is 3.25. The summed E-state index contributed by atoms with van der Waals surface area (Å²) in [6.07, 6.45) is 0.333. The summed E-state index contributed by atoms with van der Waals surface area (Å²) in [4.78, 5) is 36.4. The average molecular weight is 455 g/mol. The maximum Gasteiger partial charge on any atom is 0.407 e. The summed E-state index contributed by atoms with van der Waals surface area (Å²) in [7, 11) is 0. The maximum atomic E-state index is 12.6. The van der Waals surface area contributed by atoms with Gasteiger partial charge in [-0.15, -0.1) is 0 Å². The first-order valence-electron chi connectivity index (χ1n) is 11.1. The quantitative estimate of drug-likeness (QED) is 0.438. The van der Waals surface area contributed by atoms with Gasteiger partial charge < -0.3 is 25.6 Å². The number of benzene rings is 2. The number of carbonyl (C=O) groups excluding carboxylic acids is 2. The first-order chi connectivity index (χ1) is 15.8. The van der Waals surface area contributed by atoms with Crippen molar-refractivity contribution in [3.05, 3.63) is 59.7 Å². The first kappa shape index (κ1) is 24.3. The van der Waals surface area contributed by atoms with Crippen LogP contribution in [0.15, 0.2) is 48.5 Å². The predicted molar refractivity (Wildman–Crippen MR) is 123 cm³/mol. The van der Waals surface area contributed by atoms with E-state index in [1.54, 1.807) is 0 Å². The van der Waals surface area contributed by atoms with Gasteiger partial charge in [-0.05, 0) is 34.6 Å². The van der Waals surface area contributed by atoms with E-state index in [1.165, 1.54) is 0 Å². The fourth-order valence-corrected chi connectivity index (χ4v) is 4.04. The largest absolute Gasteiger partial charge is 0.480 e. The predicted octanol–water partition coefficient (Wildman–Crippen LogP) is 2.89. The molecule has 0 heterocycles. The molecule has 0 fully saturated rings. The summed E-state index contributed by atoms with van der Waals surface area (Å²) in [6, 6.07) is 13.5. The van der Waals surface area contributed by atoms with Crippen molar-refractivity contribution in [2.24, 2.45) is 5.92 Å². The fourth-order valence-electron chi connectivity index (χ4n) is 4.04. The number of hydrogen-bond acceptors (Lipinski definition) is 5. The van der Waals surface area contributed by atoms with Crippen LogP contribution in [-0.4, -0.2) is 53.5 Å². The number of aliphatic carboxylic acids is 1. The molecule has 2 aromatic carbocycles. The Morgan fingerprint density at radius 3 is 2.06 bits per heavy atom. The zero-order chi connectivity index (χ0) is 24.0. The second-order valence-corrected chi connectivity index (χ2v) is 8.35. The number of ether oxygens (including phenoxy) is 1. The summed E-state index contributed by atoms with van der Waals surface area (Å²) in [5.41, 5.74) is 4.37. The molecule has 8 heteroatoms. The number of hydrogen-bond donors (Lipinski definition) is 4. The molecule has 4 N–H and O–H groups in total. The van der Waals surface area contributed by atoms with E-state index in [1.807, 2.05) is 62.4 Å². The molecule has 0 saturated heterocycles. The van der Waals surface area contributed by atoms with E-state index in [4.69, 9.17) is 9.84 Å². The van der Waals surface area contributed by atoms with Crippen LogP contribution in [-0.2, 0) is 14.3 Å². The van der Waals surface area contributed by atoms with E-state index >= 15 is 0 Å². The Morgan fingerprint density at radius 2 is 1.55 bits per heavy atom. The standard InChI is InChI=1S/C25H30N2O6/c1-3-15(2)12-21(23(29)26-22(13-28)24(30)31)27-25(32)33-14-20-18-10-6-4-8-16(18)17-9-5-7-11-19(17)20/h4-11,15,20-22,28H,3,12-14H2,1-2H3,(H,26,29)(H,27,32)(H,30,31)/t15?,21?,22-/m1/s1. The van der Waals surface area contributed by atoms with Gasteiger partial charge in [-0.3, -0.25) is 4.79 Å². The Kier molecular flexibility index (Phi) is 8.06. The molecule has 3 atom stereocenters. The van der Waals surface area contributed by atoms with Gasteiger partial charge in [0.05, 0.1) is 6.61 Å². The molecule has 0 aromatic heterocycles. The van der Waals surface area contributed by atoms with Gasteiger partial charge in [0.15, 0.2) is 0 Å². The van der Waals surface area contributed by atoms with Gasteiger partial charge in [-0.25, -0.2) is 9.59 Å². The molecule has 8 nitrogen and oxygen atoms in total. The fraction of sp³-hybridized carbons (Fsp3) is 0.400. The lowest BCUT2D eigenvalue weighted by molar-refractivity contribution is -0.143. The molecular formula is C25H30N2O6. The minimum absolute atomic E-state index is 0.103. The number of alkyl carbamates (subject to hydrolysis) is 1. The molecule has 0 saturated carbocycles. The molecule has 0 spiro atoms. The number of aliphatic hydroxyl groups excluding tert-OH is 1. The van der Waals surface area contributed by atoms with Gasteiger partial charge in [0.2, 0.25) is 5.91 Å². The van der Waals surface area contributed by atoms with E-state index in [2.05, 4.69) is 10.6 Å². The van der Waals surface area contributed by atoms with Gasteiger partial charge in [0.25, 0.3) is 0 Å². The molecule has 2 aromatic rings. The van der Waals surface area contributed by atoms with Gasteiger partial charge in [-0.1, -0.05) is 68.8 Å². The lowest BCUT2D eigenvalue weighted by Crippen LogP contribution is -2.53. The van der Waals surface area contributed by atoms with E-state index < -0.39 is 36.7 Å². The number of carboxylic acid groups (broad SMARTS) is 1. The molecule has 33 heavy (non-hydrogen) atoms. The average Bonchev–Trinajstić information content (AvgIpc) is 3.14. The second-order valence-electron chi connectivity index (χ2n) is 8.35. The van der Waals surface area contributed by atoms with Crippen molar-refractivity contribution in [1.82, 2.24) is 10.6 Å². The SMILES string of the molecule is CCC(C)CC(NC(=O)OCC1c2ccccc2-c2ccccc21)C(=O)N[C@H](CO)C(=O)O. The minimum atomic E-state index is -1.44. The van der Waals surface area contributed by atoms with Gasteiger partial charge in [0, 0.05) is 5.92 Å². The molecule has 3 rings (SSSR count). The highest BCUT2D eigenvalue weighted by Crippen LogP contribution is 2.44. The monoisotopic (exact) mass is 454 g/mol. The van der Waals surface area contributed by atoms with E-state index in [0.29, 0.717) is 6.42 Å². The molecular weight excluding hydrogens is 424 g/mol. The molecule has 1 aliphatic rings. The highest BCUT2D eigenvalue weighted by Gasteiger charge is 2.31. The second kappa shape index (κ2) is 11.0. The topological polar surface area (TPSA) is 125 Å². The van der Waals surface area contributed by atoms with Crippen molar-refractivity contribution >= 4 is 18.0 Å². The number of nitrogens with one attached hydrogen (secondary N) is 2. The van der Waals surface area contributed by atoms with Gasteiger partial charge >= 0.3 is 12.1 Å². The molecule has 2 unspecified atom stereocenters. The molecule has 1 aliphatic carbocycles. The van der Waals surface area contributed by atoms with Crippen LogP contribution >= 0.6 is 0 Å². The van der Waals surface area contributed by atoms with Crippen molar-refractivity contribution < 1.29 is 29.3 Å². The Labute approximate surface area is 193 Å². The lowest BCUT2D eigenvalue weighted by Gasteiger charge is -2.23. The van der Waals surface area contributed by atoms with E-state index in [0.717, 1.165) is 28.7 Å². The number of amides is 2. The zero-order valence-electron chi connectivity index (χ0n) is 18.8. The van der Waals surface area contributed by atoms with Gasteiger partial charge in [0.1, 0.15) is 18.7 Å². The number of aliphatic hydroxyl groups is 1. The number of rotatable bonds is 10. The summed E-state index contributed by atoms with van der Waals surface area (Å²) in [5.74, 6) is -2.04. The number of carboxylic acids is 1. The molecule has 176 valence electrons. The highest BCUT2D eigenvalue weighted by molar-refractivity contribution is 5.89. The Hall–Kier alpha value is -3.39. The Bertz CT molecular complexity index is 962. The number of fused-ring (bicyclic) bond motifs is 3. The van der Waals surface area contributed by atoms with Gasteiger partial charge in [-0.2, -0.15) is 0 Å². The van der Waals surface area contributed by atoms with Crippen LogP contribution in [0.1, 0.15) is 43.7 Å². The Morgan fingerprint density at radius 1 is 0.970 bits per heavy atom. The third kappa shape index (κ3) is 5.70. The van der Waals surface area contributed by atoms with E-state index in [-0.39, 0.29) is 18.4 Å². The van der Waals surface area contributed by atoms with Crippen LogP contribution in [0.3, 0.4) is 0 Å². The van der Waals surface area contributed by atoms with Crippen LogP contribution in [0.4, 0.5) is 4.79 Å². The van der Waals surface area contributed by atoms with Crippen LogP contribution in [0.25, 0.3) is 11.1 Å². The van der Waals surface area contributed by atoms with Crippen LogP contribution in [0.5, 0.6) is 0 Å². The van der Waals surface area contributed by atoms with Crippen molar-refractivity contribution in [3.8, 4) is 11.1 Å². The summed E-state index contributed by atoms with van der Waals surface area (Å²) >= 11 is 0. The minimum Gasteiger partial charge on any atom is -0.480 e. The molecule has 0 bridgehead atoms.